The van der Waals surface area contributed by atoms with Crippen molar-refractivity contribution >= 4 is 41.4 Å². The molecule has 0 saturated heterocycles. The van der Waals surface area contributed by atoms with Crippen LogP contribution in [-0.4, -0.2) is 60.2 Å². The van der Waals surface area contributed by atoms with Crippen molar-refractivity contribution in [1.29, 1.82) is 0 Å². The van der Waals surface area contributed by atoms with Crippen molar-refractivity contribution in [3.63, 3.8) is 0 Å². The number of amides is 3. The summed E-state index contributed by atoms with van der Waals surface area (Å²) in [5, 5.41) is 19.0. The molecule has 0 aliphatic heterocycles. The van der Waals surface area contributed by atoms with Crippen LogP contribution in [0.15, 0.2) is 102 Å². The van der Waals surface area contributed by atoms with E-state index >= 15 is 0 Å². The van der Waals surface area contributed by atoms with Crippen molar-refractivity contribution in [2.24, 2.45) is 22.4 Å². The number of ether oxygens (including phenoxy) is 3. The third-order valence-electron chi connectivity index (χ3n) is 8.97. The number of hydrogen-bond donors (Lipinski definition) is 5. The average Bonchev–Trinajstić information content (AvgIpc) is 3.50. The SMILES string of the molecule is CC(C)[C@H](NC(=O)OCC1c2ccccc2-c2ccccc21)C(=O)N[C@@H](CCCN=C(N)N)C(=O)Nc1ccc(COC(=O)Oc2ccc([N+](=O)[O-])cc2)cc1. The number of guanidine groups is 1. The Bertz CT molecular complexity index is 2020. The van der Waals surface area contributed by atoms with Gasteiger partial charge in [-0.25, -0.2) is 9.59 Å². The summed E-state index contributed by atoms with van der Waals surface area (Å²) < 4.78 is 15.8. The molecule has 0 unspecified atom stereocenters. The topological polar surface area (TPSA) is 240 Å². The number of nitrogens with two attached hydrogens (primary N) is 2. The number of alkyl carbamates (subject to hydrolysis) is 1. The van der Waals surface area contributed by atoms with Gasteiger partial charge in [0.1, 0.15) is 31.0 Å². The molecule has 2 atom stereocenters. The van der Waals surface area contributed by atoms with E-state index in [4.69, 9.17) is 25.7 Å². The van der Waals surface area contributed by atoms with Gasteiger partial charge < -0.3 is 41.6 Å². The molecule has 16 heteroatoms. The normalized spacial score (nSPS) is 12.6. The number of hydrogen-bond acceptors (Lipinski definition) is 10. The van der Waals surface area contributed by atoms with E-state index in [0.29, 0.717) is 17.7 Å². The van der Waals surface area contributed by atoms with Crippen LogP contribution in [0.3, 0.4) is 0 Å². The number of nitro benzene ring substituents is 1. The van der Waals surface area contributed by atoms with Gasteiger partial charge in [-0.1, -0.05) is 74.5 Å². The molecule has 1 aliphatic carbocycles. The standard InChI is InChI=1S/C40H43N7O9/c1-24(2)35(46-39(50)54-23-33-31-10-5-3-8-29(31)30-9-4-6-11-32(30)33)37(49)45-34(12-7-21-43-38(41)42)36(48)44-26-15-13-25(14-16-26)22-55-40(51)56-28-19-17-27(18-20-28)47(52)53/h3-6,8-11,13-20,24,33-35H,7,12,21-23H2,1-2H3,(H,44,48)(H,45,49)(H,46,50)(H4,41,42,43)/t34-,35-/m0/s1. The second-order valence-electron chi connectivity index (χ2n) is 13.3. The monoisotopic (exact) mass is 765 g/mol. The van der Waals surface area contributed by atoms with Crippen molar-refractivity contribution in [1.82, 2.24) is 10.6 Å². The summed E-state index contributed by atoms with van der Waals surface area (Å²) >= 11 is 0. The Morgan fingerprint density at radius 3 is 2.04 bits per heavy atom. The summed E-state index contributed by atoms with van der Waals surface area (Å²) in [4.78, 5) is 66.6. The summed E-state index contributed by atoms with van der Waals surface area (Å²) in [6, 6.07) is 25.2. The van der Waals surface area contributed by atoms with Gasteiger partial charge in [0.05, 0.1) is 4.92 Å². The van der Waals surface area contributed by atoms with Crippen molar-refractivity contribution in [3.05, 3.63) is 124 Å². The number of carbonyl (C=O) groups excluding carboxylic acids is 4. The lowest BCUT2D eigenvalue weighted by Gasteiger charge is -2.25. The van der Waals surface area contributed by atoms with Gasteiger partial charge in [-0.15, -0.1) is 0 Å². The Morgan fingerprint density at radius 2 is 1.45 bits per heavy atom. The zero-order valence-corrected chi connectivity index (χ0v) is 30.8. The number of nitro groups is 1. The van der Waals surface area contributed by atoms with E-state index in [1.807, 2.05) is 48.5 Å². The van der Waals surface area contributed by atoms with E-state index in [1.165, 1.54) is 24.3 Å². The highest BCUT2D eigenvalue weighted by Gasteiger charge is 2.32. The molecular formula is C40H43N7O9. The van der Waals surface area contributed by atoms with Crippen LogP contribution in [0.25, 0.3) is 11.1 Å². The van der Waals surface area contributed by atoms with E-state index < -0.39 is 41.1 Å². The van der Waals surface area contributed by atoms with Gasteiger partial charge in [0, 0.05) is 30.3 Å². The summed E-state index contributed by atoms with van der Waals surface area (Å²) in [6.45, 7) is 3.66. The minimum atomic E-state index is -1.03. The second-order valence-corrected chi connectivity index (χ2v) is 13.3. The Morgan fingerprint density at radius 1 is 0.821 bits per heavy atom. The fourth-order valence-electron chi connectivity index (χ4n) is 6.15. The van der Waals surface area contributed by atoms with Crippen LogP contribution in [0.2, 0.25) is 0 Å². The first-order valence-corrected chi connectivity index (χ1v) is 17.9. The van der Waals surface area contributed by atoms with E-state index in [9.17, 15) is 29.3 Å². The molecule has 56 heavy (non-hydrogen) atoms. The van der Waals surface area contributed by atoms with Gasteiger partial charge >= 0.3 is 12.2 Å². The van der Waals surface area contributed by atoms with Crippen LogP contribution in [0.1, 0.15) is 49.3 Å². The quantitative estimate of drug-likeness (QED) is 0.0185. The van der Waals surface area contributed by atoms with Gasteiger partial charge in [-0.05, 0) is 70.8 Å². The predicted molar refractivity (Wildman–Crippen MR) is 208 cm³/mol. The van der Waals surface area contributed by atoms with Crippen LogP contribution in [0.4, 0.5) is 21.0 Å². The summed E-state index contributed by atoms with van der Waals surface area (Å²) in [6.07, 6.45) is -1.25. The van der Waals surface area contributed by atoms with Crippen molar-refractivity contribution < 1.29 is 38.3 Å². The molecule has 4 aromatic carbocycles. The van der Waals surface area contributed by atoms with Crippen molar-refractivity contribution in [3.8, 4) is 16.9 Å². The first kappa shape index (κ1) is 40.2. The van der Waals surface area contributed by atoms with E-state index in [1.54, 1.807) is 38.1 Å². The van der Waals surface area contributed by atoms with E-state index in [0.717, 1.165) is 22.3 Å². The Hall–Kier alpha value is -6.97. The summed E-state index contributed by atoms with van der Waals surface area (Å²) in [5.41, 5.74) is 16.0. The Balaban J connectivity index is 1.16. The largest absolute Gasteiger partial charge is 0.514 e. The molecule has 7 N–H and O–H groups in total. The van der Waals surface area contributed by atoms with Crippen molar-refractivity contribution in [2.75, 3.05) is 18.5 Å². The highest BCUT2D eigenvalue weighted by atomic mass is 16.7. The van der Waals surface area contributed by atoms with E-state index in [2.05, 4.69) is 20.9 Å². The lowest BCUT2D eigenvalue weighted by Crippen LogP contribution is -2.54. The summed E-state index contributed by atoms with van der Waals surface area (Å²) in [5.74, 6) is -1.66. The van der Waals surface area contributed by atoms with Gasteiger partial charge in [0.25, 0.3) is 5.69 Å². The van der Waals surface area contributed by atoms with Gasteiger partial charge in [0.15, 0.2) is 5.96 Å². The minimum Gasteiger partial charge on any atom is -0.449 e. The van der Waals surface area contributed by atoms with Crippen LogP contribution in [-0.2, 0) is 25.7 Å². The number of non-ortho nitro benzene ring substituents is 1. The maximum absolute atomic E-state index is 13.6. The molecule has 0 bridgehead atoms. The number of nitrogens with one attached hydrogen (secondary N) is 3. The number of anilines is 1. The molecule has 5 rings (SSSR count). The van der Waals surface area contributed by atoms with Gasteiger partial charge in [0.2, 0.25) is 11.8 Å². The van der Waals surface area contributed by atoms with Crippen LogP contribution in [0.5, 0.6) is 5.75 Å². The smallest absolute Gasteiger partial charge is 0.449 e. The minimum absolute atomic E-state index is 0.0687. The fraction of sp³-hybridized carbons (Fsp3) is 0.275. The van der Waals surface area contributed by atoms with Crippen LogP contribution >= 0.6 is 0 Å². The molecule has 4 aromatic rings. The molecule has 0 saturated carbocycles. The maximum atomic E-state index is 13.6. The molecule has 0 radical (unpaired) electrons. The molecule has 16 nitrogen and oxygen atoms in total. The number of carbonyl (C=O) groups is 4. The molecule has 0 fully saturated rings. The predicted octanol–water partition coefficient (Wildman–Crippen LogP) is 5.35. The first-order chi connectivity index (χ1) is 26.9. The van der Waals surface area contributed by atoms with Gasteiger partial charge in [-0.3, -0.25) is 24.7 Å². The molecule has 1 aliphatic rings. The molecule has 3 amide bonds. The molecule has 292 valence electrons. The molecule has 0 heterocycles. The Labute approximate surface area is 322 Å². The molecule has 0 aromatic heterocycles. The number of benzene rings is 4. The fourth-order valence-corrected chi connectivity index (χ4v) is 6.15. The highest BCUT2D eigenvalue weighted by Crippen LogP contribution is 2.44. The number of fused-ring (bicyclic) bond motifs is 3. The lowest BCUT2D eigenvalue weighted by molar-refractivity contribution is -0.384. The first-order valence-electron chi connectivity index (χ1n) is 17.9. The van der Waals surface area contributed by atoms with Gasteiger partial charge in [-0.2, -0.15) is 0 Å². The van der Waals surface area contributed by atoms with Crippen LogP contribution < -0.4 is 32.2 Å². The highest BCUT2D eigenvalue weighted by molar-refractivity contribution is 5.98. The third-order valence-corrected chi connectivity index (χ3v) is 8.97. The third kappa shape index (κ3) is 10.8. The number of rotatable bonds is 16. The molecular weight excluding hydrogens is 722 g/mol. The van der Waals surface area contributed by atoms with Crippen molar-refractivity contribution in [2.45, 2.75) is 51.3 Å². The lowest BCUT2D eigenvalue weighted by atomic mass is 9.98. The number of aliphatic imine (C=N–C) groups is 1. The summed E-state index contributed by atoms with van der Waals surface area (Å²) in [7, 11) is 0. The Kier molecular flexibility index (Phi) is 13.6. The maximum Gasteiger partial charge on any atom is 0.514 e. The zero-order chi connectivity index (χ0) is 40.2. The second kappa shape index (κ2) is 18.9. The van der Waals surface area contributed by atoms with Crippen LogP contribution in [0, 0.1) is 16.0 Å². The zero-order valence-electron chi connectivity index (χ0n) is 30.8. The van der Waals surface area contributed by atoms with E-state index in [-0.39, 0.29) is 55.4 Å². The number of nitrogens with zero attached hydrogens (tertiary/aromatic N) is 2. The average molecular weight is 766 g/mol. The molecule has 0 spiro atoms.